The number of halogens is 6. The molecule has 0 radical (unpaired) electrons. The SMILES string of the molecule is Cc1ccc(-c2ccc3c(c2)c2ccccc2n3-c2cc(-c3nc(-c4ccccc4)nc(-c4ccccc4)n3)ccc2-c2ccc(C#N)cc2-n2c3ccccc3c3cc(-c4ccc(C(F)(F)F)cc4C)ccc32)c(C(F)(F)F)c1. The van der Waals surface area contributed by atoms with Crippen molar-refractivity contribution in [3.8, 4) is 85.0 Å². The van der Waals surface area contributed by atoms with Crippen LogP contribution in [0.3, 0.4) is 0 Å². The Bertz CT molecular complexity index is 4610. The van der Waals surface area contributed by atoms with Gasteiger partial charge in [0, 0.05) is 49.4 Å². The van der Waals surface area contributed by atoms with Gasteiger partial charge in [0.1, 0.15) is 0 Å². The van der Waals surface area contributed by atoms with E-state index in [0.29, 0.717) is 62.2 Å². The van der Waals surface area contributed by atoms with Crippen LogP contribution in [0.2, 0.25) is 0 Å². The first-order valence-electron chi connectivity index (χ1n) is 25.7. The molecule has 0 fully saturated rings. The maximum absolute atomic E-state index is 14.8. The third-order valence-electron chi connectivity index (χ3n) is 14.9. The summed E-state index contributed by atoms with van der Waals surface area (Å²) in [5, 5.41) is 13.8. The summed E-state index contributed by atoms with van der Waals surface area (Å²) in [5.41, 5.74) is 9.99. The fraction of sp³-hybridized carbons (Fsp3) is 0.0588. The van der Waals surface area contributed by atoms with Crippen LogP contribution >= 0.6 is 0 Å². The smallest absolute Gasteiger partial charge is 0.309 e. The normalized spacial score (nSPS) is 12.0. The first kappa shape index (κ1) is 49.5. The Kier molecular flexibility index (Phi) is 11.8. The van der Waals surface area contributed by atoms with Crippen molar-refractivity contribution in [3.63, 3.8) is 0 Å². The number of benzene rings is 10. The van der Waals surface area contributed by atoms with Crippen molar-refractivity contribution >= 4 is 43.6 Å². The zero-order chi connectivity index (χ0) is 55.0. The van der Waals surface area contributed by atoms with Gasteiger partial charge in [0.2, 0.25) is 0 Å². The molecule has 3 aromatic heterocycles. The molecule has 0 aliphatic rings. The van der Waals surface area contributed by atoms with Crippen LogP contribution in [0.4, 0.5) is 26.3 Å². The molecule has 386 valence electrons. The highest BCUT2D eigenvalue weighted by Crippen LogP contribution is 2.45. The molecule has 0 amide bonds. The van der Waals surface area contributed by atoms with E-state index in [2.05, 4.69) is 15.2 Å². The lowest BCUT2D eigenvalue weighted by Gasteiger charge is -2.20. The van der Waals surface area contributed by atoms with E-state index in [9.17, 15) is 31.6 Å². The summed E-state index contributed by atoms with van der Waals surface area (Å²) < 4.78 is 90.0. The van der Waals surface area contributed by atoms with E-state index in [1.165, 1.54) is 24.3 Å². The van der Waals surface area contributed by atoms with E-state index in [0.717, 1.165) is 77.5 Å². The Balaban J connectivity index is 1.08. The molecule has 3 heterocycles. The van der Waals surface area contributed by atoms with Crippen molar-refractivity contribution in [1.29, 1.82) is 5.26 Å². The van der Waals surface area contributed by atoms with Gasteiger partial charge in [-0.1, -0.05) is 151 Å². The zero-order valence-corrected chi connectivity index (χ0v) is 42.7. The van der Waals surface area contributed by atoms with Crippen LogP contribution in [-0.4, -0.2) is 24.1 Å². The minimum Gasteiger partial charge on any atom is -0.309 e. The van der Waals surface area contributed by atoms with Crippen LogP contribution < -0.4 is 0 Å². The van der Waals surface area contributed by atoms with Crippen molar-refractivity contribution in [1.82, 2.24) is 24.1 Å². The highest BCUT2D eigenvalue weighted by atomic mass is 19.4. The number of aromatic nitrogens is 5. The van der Waals surface area contributed by atoms with Gasteiger partial charge < -0.3 is 9.13 Å². The molecule has 10 aromatic carbocycles. The molecule has 0 aliphatic carbocycles. The Morgan fingerprint density at radius 2 is 0.838 bits per heavy atom. The van der Waals surface area contributed by atoms with E-state index < -0.39 is 23.5 Å². The quantitative estimate of drug-likeness (QED) is 0.142. The second-order valence-electron chi connectivity index (χ2n) is 19.9. The maximum Gasteiger partial charge on any atom is 0.417 e. The standard InChI is InChI=1S/C68H42F6N6/c1-40-21-27-50(57(33-40)68(72,73)74)46-25-32-61-56(37-46)52-18-10-12-20-59(52)80(61)63-38-47(66-77-64(43-13-5-3-6-14-43)76-65(78-66)44-15-7-4-8-16-44)23-29-54(63)53-28-22-42(39-75)35-62(53)79-58-19-11-9-17-51(58)55-36-45(24-31-60(55)79)49-30-26-48(34-41(49)2)67(69,70)71/h3-38H,1-2H3. The zero-order valence-electron chi connectivity index (χ0n) is 42.7. The highest BCUT2D eigenvalue weighted by molar-refractivity contribution is 6.13. The molecule has 80 heavy (non-hydrogen) atoms. The molecule has 0 spiro atoms. The average Bonchev–Trinajstić information content (AvgIpc) is 4.09. The third kappa shape index (κ3) is 8.60. The third-order valence-corrected chi connectivity index (χ3v) is 14.9. The van der Waals surface area contributed by atoms with E-state index in [4.69, 9.17) is 15.0 Å². The van der Waals surface area contributed by atoms with Gasteiger partial charge in [-0.05, 0) is 114 Å². The van der Waals surface area contributed by atoms with Gasteiger partial charge in [-0.15, -0.1) is 0 Å². The predicted octanol–water partition coefficient (Wildman–Crippen LogP) is 18.6. The molecule has 0 saturated carbocycles. The van der Waals surface area contributed by atoms with Crippen molar-refractivity contribution < 1.29 is 26.3 Å². The molecule has 0 saturated heterocycles. The molecule has 13 rings (SSSR count). The summed E-state index contributed by atoms with van der Waals surface area (Å²) in [6.07, 6.45) is -9.09. The topological polar surface area (TPSA) is 72.3 Å². The van der Waals surface area contributed by atoms with Crippen LogP contribution in [0.15, 0.2) is 218 Å². The number of hydrogen-bond donors (Lipinski definition) is 0. The Morgan fingerprint density at radius 3 is 1.38 bits per heavy atom. The monoisotopic (exact) mass is 1060 g/mol. The molecule has 0 N–H and O–H groups in total. The Morgan fingerprint density at radius 1 is 0.375 bits per heavy atom. The number of rotatable bonds is 8. The van der Waals surface area contributed by atoms with Gasteiger partial charge in [-0.3, -0.25) is 0 Å². The molecule has 0 unspecified atom stereocenters. The second kappa shape index (κ2) is 19.1. The van der Waals surface area contributed by atoms with Gasteiger partial charge in [0.15, 0.2) is 17.5 Å². The number of alkyl halides is 6. The van der Waals surface area contributed by atoms with Crippen molar-refractivity contribution in [2.75, 3.05) is 0 Å². The first-order chi connectivity index (χ1) is 38.7. The van der Waals surface area contributed by atoms with Crippen molar-refractivity contribution in [2.45, 2.75) is 26.2 Å². The summed E-state index contributed by atoms with van der Waals surface area (Å²) in [6.45, 7) is 3.32. The van der Waals surface area contributed by atoms with E-state index in [1.54, 1.807) is 32.0 Å². The fourth-order valence-electron chi connectivity index (χ4n) is 11.1. The lowest BCUT2D eigenvalue weighted by molar-refractivity contribution is -0.138. The van der Waals surface area contributed by atoms with Crippen molar-refractivity contribution in [2.24, 2.45) is 0 Å². The molecule has 6 nitrogen and oxygen atoms in total. The summed E-state index contributed by atoms with van der Waals surface area (Å²) in [4.78, 5) is 15.2. The molecule has 0 atom stereocenters. The van der Waals surface area contributed by atoms with Gasteiger partial charge in [-0.2, -0.15) is 31.6 Å². The number of nitrogens with zero attached hydrogens (tertiary/aromatic N) is 6. The number of fused-ring (bicyclic) bond motifs is 6. The van der Waals surface area contributed by atoms with E-state index in [-0.39, 0.29) is 5.56 Å². The second-order valence-corrected chi connectivity index (χ2v) is 19.9. The van der Waals surface area contributed by atoms with E-state index >= 15 is 0 Å². The van der Waals surface area contributed by atoms with Crippen LogP contribution in [0.1, 0.15) is 27.8 Å². The van der Waals surface area contributed by atoms with Crippen LogP contribution in [0, 0.1) is 25.2 Å². The minimum atomic E-state index is -4.60. The Labute approximate surface area is 454 Å². The summed E-state index contributed by atoms with van der Waals surface area (Å²) in [6, 6.07) is 68.4. The van der Waals surface area contributed by atoms with Crippen molar-refractivity contribution in [3.05, 3.63) is 246 Å². The fourth-order valence-corrected chi connectivity index (χ4v) is 11.1. The summed E-state index contributed by atoms with van der Waals surface area (Å²) >= 11 is 0. The Hall–Kier alpha value is -10.1. The number of aryl methyl sites for hydroxylation is 2. The summed E-state index contributed by atoms with van der Waals surface area (Å²) in [7, 11) is 0. The van der Waals surface area contributed by atoms with Gasteiger partial charge in [0.05, 0.1) is 56.2 Å². The highest BCUT2D eigenvalue weighted by Gasteiger charge is 2.34. The predicted molar refractivity (Wildman–Crippen MR) is 305 cm³/mol. The average molecular weight is 1060 g/mol. The first-order valence-corrected chi connectivity index (χ1v) is 25.7. The lowest BCUT2D eigenvalue weighted by atomic mass is 9.96. The number of nitriles is 1. The van der Waals surface area contributed by atoms with Crippen LogP contribution in [-0.2, 0) is 12.4 Å². The van der Waals surface area contributed by atoms with E-state index in [1.807, 2.05) is 170 Å². The van der Waals surface area contributed by atoms with Gasteiger partial charge >= 0.3 is 12.4 Å². The molecular formula is C68H42F6N6. The lowest BCUT2D eigenvalue weighted by Crippen LogP contribution is -2.07. The van der Waals surface area contributed by atoms with Gasteiger partial charge in [0.25, 0.3) is 0 Å². The molecule has 12 heteroatoms. The molecule has 13 aromatic rings. The van der Waals surface area contributed by atoms with Gasteiger partial charge in [-0.25, -0.2) is 15.0 Å². The minimum absolute atomic E-state index is 0.0674. The number of para-hydroxylation sites is 2. The largest absolute Gasteiger partial charge is 0.417 e. The van der Waals surface area contributed by atoms with Crippen LogP contribution in [0.5, 0.6) is 0 Å². The molecule has 0 bridgehead atoms. The number of hydrogen-bond acceptors (Lipinski definition) is 4. The summed E-state index contributed by atoms with van der Waals surface area (Å²) in [5.74, 6) is 1.33. The molecule has 0 aliphatic heterocycles. The maximum atomic E-state index is 14.8. The molecular weight excluding hydrogens is 1010 g/mol. The van der Waals surface area contributed by atoms with Crippen LogP contribution in [0.25, 0.3) is 123 Å².